The highest BCUT2D eigenvalue weighted by Crippen LogP contribution is 2.38. The highest BCUT2D eigenvalue weighted by Gasteiger charge is 2.52. The summed E-state index contributed by atoms with van der Waals surface area (Å²) in [7, 11) is -2.56. The van der Waals surface area contributed by atoms with Crippen LogP contribution in [-0.4, -0.2) is 37.8 Å². The molecule has 0 aromatic heterocycles. The molecule has 3 nitrogen and oxygen atoms in total. The summed E-state index contributed by atoms with van der Waals surface area (Å²) in [5, 5.41) is 2.07. The van der Waals surface area contributed by atoms with Crippen LogP contribution in [0.3, 0.4) is 0 Å². The summed E-state index contributed by atoms with van der Waals surface area (Å²) in [6.07, 6.45) is 0.826. The van der Waals surface area contributed by atoms with E-state index in [4.69, 9.17) is 16.0 Å². The van der Waals surface area contributed by atoms with E-state index in [0.717, 1.165) is 6.42 Å². The van der Waals surface area contributed by atoms with Gasteiger partial charge in [-0.25, -0.2) is 0 Å². The first-order valence-corrected chi connectivity index (χ1v) is 11.4. The van der Waals surface area contributed by atoms with Crippen molar-refractivity contribution in [3.63, 3.8) is 0 Å². The molecule has 1 atom stereocenters. The van der Waals surface area contributed by atoms with E-state index in [-0.39, 0.29) is 11.1 Å². The average molecular weight is 388 g/mol. The first-order valence-electron chi connectivity index (χ1n) is 9.08. The summed E-state index contributed by atoms with van der Waals surface area (Å²) >= 11 is 5.69. The molecule has 1 amide bonds. The highest BCUT2D eigenvalue weighted by atomic mass is 35.5. The van der Waals surface area contributed by atoms with Crippen molar-refractivity contribution in [2.75, 3.05) is 13.1 Å². The van der Waals surface area contributed by atoms with Gasteiger partial charge in [0.1, 0.15) is 0 Å². The molecule has 1 aliphatic rings. The Morgan fingerprint density at radius 3 is 1.92 bits per heavy atom. The van der Waals surface area contributed by atoms with Gasteiger partial charge < -0.3 is 9.33 Å². The predicted octanol–water partition coefficient (Wildman–Crippen LogP) is 4.00. The van der Waals surface area contributed by atoms with E-state index in [2.05, 4.69) is 69.3 Å². The van der Waals surface area contributed by atoms with Gasteiger partial charge in [-0.05, 0) is 33.4 Å². The van der Waals surface area contributed by atoms with Crippen molar-refractivity contribution in [3.8, 4) is 0 Å². The molecule has 1 aliphatic heterocycles. The van der Waals surface area contributed by atoms with Gasteiger partial charge in [0.25, 0.3) is 8.32 Å². The van der Waals surface area contributed by atoms with E-state index in [1.54, 1.807) is 4.90 Å². The van der Waals surface area contributed by atoms with Crippen LogP contribution in [0.15, 0.2) is 60.7 Å². The summed E-state index contributed by atoms with van der Waals surface area (Å²) < 4.78 is 7.00. The molecule has 3 rings (SSSR count). The Kier molecular flexibility index (Phi) is 5.56. The molecule has 1 unspecified atom stereocenters. The van der Waals surface area contributed by atoms with Crippen molar-refractivity contribution in [2.24, 2.45) is 0 Å². The van der Waals surface area contributed by atoms with Crippen molar-refractivity contribution in [3.05, 3.63) is 60.7 Å². The molecule has 138 valence electrons. The molecule has 0 saturated carbocycles. The second-order valence-electron chi connectivity index (χ2n) is 7.89. The molecule has 1 heterocycles. The predicted molar refractivity (Wildman–Crippen MR) is 110 cm³/mol. The minimum Gasteiger partial charge on any atom is -0.403 e. The lowest BCUT2D eigenvalue weighted by Crippen LogP contribution is -2.67. The van der Waals surface area contributed by atoms with Crippen molar-refractivity contribution in [1.29, 1.82) is 0 Å². The zero-order chi connectivity index (χ0) is 18.8. The fraction of sp³-hybridized carbons (Fsp3) is 0.381. The first kappa shape index (κ1) is 19.1. The SMILES string of the molecule is CC(C)(C)[Si](OC1CCN(C(=O)Cl)C1)(c1ccccc1)c1ccccc1. The standard InChI is InChI=1S/C21H26ClNO2Si/c1-21(2,3)26(18-10-6-4-7-11-18,19-12-8-5-9-13-19)25-17-14-15-23(16-17)20(22)24/h4-13,17H,14-16H2,1-3H3. The van der Waals surface area contributed by atoms with E-state index in [0.29, 0.717) is 13.1 Å². The number of carbonyl (C=O) groups is 1. The smallest absolute Gasteiger partial charge is 0.316 e. The van der Waals surface area contributed by atoms with Crippen LogP contribution in [-0.2, 0) is 4.43 Å². The third kappa shape index (κ3) is 3.59. The summed E-state index contributed by atoms with van der Waals surface area (Å²) in [6.45, 7) is 8.01. The zero-order valence-electron chi connectivity index (χ0n) is 15.6. The van der Waals surface area contributed by atoms with Crippen molar-refractivity contribution in [1.82, 2.24) is 4.90 Å². The van der Waals surface area contributed by atoms with Gasteiger partial charge in [-0.3, -0.25) is 4.79 Å². The Bertz CT molecular complexity index is 706. The van der Waals surface area contributed by atoms with Crippen LogP contribution in [0.5, 0.6) is 0 Å². The number of benzene rings is 2. The van der Waals surface area contributed by atoms with Gasteiger partial charge in [0.15, 0.2) is 0 Å². The highest BCUT2D eigenvalue weighted by molar-refractivity contribution is 6.99. The lowest BCUT2D eigenvalue weighted by molar-refractivity contribution is 0.189. The number of carbonyl (C=O) groups excluding carboxylic acids is 1. The molecule has 1 saturated heterocycles. The van der Waals surface area contributed by atoms with E-state index < -0.39 is 13.7 Å². The van der Waals surface area contributed by atoms with E-state index in [9.17, 15) is 4.79 Å². The number of halogens is 1. The summed E-state index contributed by atoms with van der Waals surface area (Å²) in [6, 6.07) is 21.1. The molecule has 0 N–H and O–H groups in total. The van der Waals surface area contributed by atoms with Gasteiger partial charge in [-0.2, -0.15) is 0 Å². The van der Waals surface area contributed by atoms with Gasteiger partial charge in [0.05, 0.1) is 6.10 Å². The number of hydrogen-bond donors (Lipinski definition) is 0. The minimum absolute atomic E-state index is 0.00371. The lowest BCUT2D eigenvalue weighted by atomic mass is 10.2. The number of amides is 1. The van der Waals surface area contributed by atoms with Crippen LogP contribution in [0.1, 0.15) is 27.2 Å². The number of likely N-dealkylation sites (tertiary alicyclic amines) is 1. The van der Waals surface area contributed by atoms with Crippen LogP contribution in [0.2, 0.25) is 5.04 Å². The Morgan fingerprint density at radius 1 is 1.04 bits per heavy atom. The minimum atomic E-state index is -2.56. The molecule has 1 fully saturated rings. The monoisotopic (exact) mass is 387 g/mol. The molecule has 0 radical (unpaired) electrons. The maximum Gasteiger partial charge on any atom is 0.316 e. The average Bonchev–Trinajstić information content (AvgIpc) is 3.09. The first-order chi connectivity index (χ1) is 12.3. The Labute approximate surface area is 162 Å². The number of hydrogen-bond acceptors (Lipinski definition) is 2. The van der Waals surface area contributed by atoms with Gasteiger partial charge in [0, 0.05) is 13.1 Å². The maximum atomic E-state index is 11.5. The van der Waals surface area contributed by atoms with Crippen LogP contribution in [0.25, 0.3) is 0 Å². The molecule has 26 heavy (non-hydrogen) atoms. The van der Waals surface area contributed by atoms with Gasteiger partial charge in [-0.15, -0.1) is 0 Å². The quantitative estimate of drug-likeness (QED) is 0.451. The van der Waals surface area contributed by atoms with Gasteiger partial charge in [0.2, 0.25) is 0 Å². The second-order valence-corrected chi connectivity index (χ2v) is 12.5. The molecule has 5 heteroatoms. The molecular weight excluding hydrogens is 362 g/mol. The molecule has 2 aromatic rings. The lowest BCUT2D eigenvalue weighted by Gasteiger charge is -2.44. The van der Waals surface area contributed by atoms with Gasteiger partial charge in [-0.1, -0.05) is 81.4 Å². The molecule has 0 bridgehead atoms. The molecule has 2 aromatic carbocycles. The van der Waals surface area contributed by atoms with Crippen LogP contribution in [0, 0.1) is 0 Å². The third-order valence-electron chi connectivity index (χ3n) is 5.15. The second kappa shape index (κ2) is 7.55. The summed E-state index contributed by atoms with van der Waals surface area (Å²) in [5.74, 6) is 0. The van der Waals surface area contributed by atoms with Crippen molar-refractivity contribution in [2.45, 2.75) is 38.3 Å². The van der Waals surface area contributed by atoms with Crippen molar-refractivity contribution >= 4 is 35.7 Å². The zero-order valence-corrected chi connectivity index (χ0v) is 17.4. The summed E-state index contributed by atoms with van der Waals surface area (Å²) in [4.78, 5) is 13.2. The van der Waals surface area contributed by atoms with Gasteiger partial charge >= 0.3 is 5.37 Å². The third-order valence-corrected chi connectivity index (χ3v) is 10.5. The summed E-state index contributed by atoms with van der Waals surface area (Å²) in [5.41, 5.74) is 0. The Balaban J connectivity index is 2.08. The number of nitrogens with zero attached hydrogens (tertiary/aromatic N) is 1. The van der Waals surface area contributed by atoms with Crippen LogP contribution < -0.4 is 10.4 Å². The fourth-order valence-electron chi connectivity index (χ4n) is 3.93. The normalized spacial score (nSPS) is 18.2. The molecular formula is C21H26ClNO2Si. The Morgan fingerprint density at radius 2 is 1.54 bits per heavy atom. The fourth-order valence-corrected chi connectivity index (χ4v) is 8.79. The molecule has 0 aliphatic carbocycles. The molecule has 0 spiro atoms. The largest absolute Gasteiger partial charge is 0.403 e. The van der Waals surface area contributed by atoms with Crippen LogP contribution in [0.4, 0.5) is 4.79 Å². The maximum absolute atomic E-state index is 11.5. The number of rotatable bonds is 4. The topological polar surface area (TPSA) is 29.5 Å². The van der Waals surface area contributed by atoms with E-state index in [1.807, 2.05) is 12.1 Å². The van der Waals surface area contributed by atoms with E-state index in [1.165, 1.54) is 10.4 Å². The van der Waals surface area contributed by atoms with E-state index >= 15 is 0 Å². The van der Waals surface area contributed by atoms with Crippen LogP contribution >= 0.6 is 11.6 Å². The van der Waals surface area contributed by atoms with Crippen molar-refractivity contribution < 1.29 is 9.22 Å². The Hall–Kier alpha value is -1.62.